The summed E-state index contributed by atoms with van der Waals surface area (Å²) in [6.07, 6.45) is 1.82. The molecule has 1 N–H and O–H groups in total. The lowest BCUT2D eigenvalue weighted by atomic mass is 10.1. The standard InChI is InChI=1S/C27H26N2O3S/c1-20-25(19-33(31)24-12-6-3-7-13-24)29-27(32-20)23-16-14-22(15-17-23)26(30)28-18-8-11-21-9-4-2-5-10-21/h2-7,9-10,12-17H,8,11,18-19H2,1H3,(H,28,30)/t33-/m0/s1. The lowest BCUT2D eigenvalue weighted by Gasteiger charge is -2.06. The molecule has 0 aliphatic heterocycles. The Hall–Kier alpha value is -3.51. The van der Waals surface area contributed by atoms with Crippen molar-refractivity contribution in [1.82, 2.24) is 10.3 Å². The molecule has 0 radical (unpaired) electrons. The minimum Gasteiger partial charge on any atom is -0.441 e. The van der Waals surface area contributed by atoms with Gasteiger partial charge in [0.05, 0.1) is 22.2 Å². The number of benzene rings is 3. The fourth-order valence-corrected chi connectivity index (χ4v) is 4.61. The lowest BCUT2D eigenvalue weighted by molar-refractivity contribution is 0.0953. The number of hydrogen-bond acceptors (Lipinski definition) is 4. The van der Waals surface area contributed by atoms with Crippen molar-refractivity contribution in [3.63, 3.8) is 0 Å². The van der Waals surface area contributed by atoms with Gasteiger partial charge in [-0.2, -0.15) is 0 Å². The van der Waals surface area contributed by atoms with Crippen LogP contribution in [0.5, 0.6) is 0 Å². The molecule has 168 valence electrons. The van der Waals surface area contributed by atoms with Gasteiger partial charge in [-0.25, -0.2) is 4.98 Å². The number of nitrogens with one attached hydrogen (secondary N) is 1. The summed E-state index contributed by atoms with van der Waals surface area (Å²) in [5.41, 5.74) is 3.30. The third-order valence-electron chi connectivity index (χ3n) is 5.33. The normalized spacial score (nSPS) is 11.8. The van der Waals surface area contributed by atoms with Crippen molar-refractivity contribution in [3.8, 4) is 11.5 Å². The average molecular weight is 459 g/mol. The summed E-state index contributed by atoms with van der Waals surface area (Å²) >= 11 is 0. The first kappa shape index (κ1) is 22.7. The molecule has 1 heterocycles. The van der Waals surface area contributed by atoms with E-state index >= 15 is 0 Å². The molecule has 3 aromatic carbocycles. The quantitative estimate of drug-likeness (QED) is 0.345. The zero-order valence-corrected chi connectivity index (χ0v) is 19.3. The summed E-state index contributed by atoms with van der Waals surface area (Å²) in [5, 5.41) is 2.97. The summed E-state index contributed by atoms with van der Waals surface area (Å²) < 4.78 is 18.4. The van der Waals surface area contributed by atoms with Gasteiger partial charge in [0.15, 0.2) is 0 Å². The van der Waals surface area contributed by atoms with Crippen molar-refractivity contribution >= 4 is 16.7 Å². The van der Waals surface area contributed by atoms with Crippen LogP contribution >= 0.6 is 0 Å². The molecule has 0 fully saturated rings. The van der Waals surface area contributed by atoms with E-state index in [2.05, 4.69) is 22.4 Å². The maximum absolute atomic E-state index is 12.6. The molecule has 0 aliphatic rings. The molecule has 33 heavy (non-hydrogen) atoms. The molecule has 0 unspecified atom stereocenters. The molecule has 0 aliphatic carbocycles. The van der Waals surface area contributed by atoms with Gasteiger partial charge >= 0.3 is 0 Å². The highest BCUT2D eigenvalue weighted by Gasteiger charge is 2.15. The number of oxazole rings is 1. The minimum absolute atomic E-state index is 0.0999. The summed E-state index contributed by atoms with van der Waals surface area (Å²) in [4.78, 5) is 17.7. The van der Waals surface area contributed by atoms with Crippen LogP contribution in [0.3, 0.4) is 0 Å². The molecule has 4 aromatic rings. The van der Waals surface area contributed by atoms with E-state index < -0.39 is 10.8 Å². The minimum atomic E-state index is -1.19. The maximum Gasteiger partial charge on any atom is 0.251 e. The van der Waals surface area contributed by atoms with Gasteiger partial charge in [0.2, 0.25) is 5.89 Å². The van der Waals surface area contributed by atoms with Gasteiger partial charge in [0, 0.05) is 22.6 Å². The van der Waals surface area contributed by atoms with Crippen LogP contribution in [0, 0.1) is 6.92 Å². The third kappa shape index (κ3) is 6.05. The van der Waals surface area contributed by atoms with Crippen LogP contribution in [0.4, 0.5) is 0 Å². The first-order chi connectivity index (χ1) is 16.1. The smallest absolute Gasteiger partial charge is 0.251 e. The highest BCUT2D eigenvalue weighted by atomic mass is 32.2. The van der Waals surface area contributed by atoms with Crippen molar-refractivity contribution in [2.24, 2.45) is 0 Å². The van der Waals surface area contributed by atoms with Gasteiger partial charge in [0.1, 0.15) is 5.76 Å². The van der Waals surface area contributed by atoms with Crippen LogP contribution < -0.4 is 5.32 Å². The average Bonchev–Trinajstić information content (AvgIpc) is 3.23. The van der Waals surface area contributed by atoms with Gasteiger partial charge in [-0.15, -0.1) is 0 Å². The zero-order chi connectivity index (χ0) is 23.0. The number of nitrogens with zero attached hydrogens (tertiary/aromatic N) is 1. The van der Waals surface area contributed by atoms with E-state index in [1.165, 1.54) is 5.56 Å². The van der Waals surface area contributed by atoms with Gasteiger partial charge in [0.25, 0.3) is 5.91 Å². The number of amides is 1. The molecule has 0 saturated heterocycles. The first-order valence-electron chi connectivity index (χ1n) is 10.9. The number of hydrogen-bond donors (Lipinski definition) is 1. The molecule has 5 nitrogen and oxygen atoms in total. The van der Waals surface area contributed by atoms with E-state index in [1.54, 1.807) is 12.1 Å². The SMILES string of the molecule is Cc1oc(-c2ccc(C(=O)NCCCc3ccccc3)cc2)nc1C[S@](=O)c1ccccc1. The number of aryl methyl sites for hydroxylation is 2. The summed E-state index contributed by atoms with van der Waals surface area (Å²) in [5.74, 6) is 1.30. The second-order valence-electron chi connectivity index (χ2n) is 7.75. The highest BCUT2D eigenvalue weighted by Crippen LogP contribution is 2.24. The maximum atomic E-state index is 12.6. The molecule has 1 aromatic heterocycles. The van der Waals surface area contributed by atoms with E-state index in [1.807, 2.05) is 67.6 Å². The number of aromatic nitrogens is 1. The molecular weight excluding hydrogens is 432 g/mol. The lowest BCUT2D eigenvalue weighted by Crippen LogP contribution is -2.24. The molecule has 0 saturated carbocycles. The van der Waals surface area contributed by atoms with Crippen LogP contribution in [0.2, 0.25) is 0 Å². The third-order valence-corrected chi connectivity index (χ3v) is 6.66. The second-order valence-corrected chi connectivity index (χ2v) is 9.20. The van der Waals surface area contributed by atoms with Gasteiger partial charge in [-0.05, 0) is 61.7 Å². The number of carbonyl (C=O) groups excluding carboxylic acids is 1. The second kappa shape index (κ2) is 10.9. The van der Waals surface area contributed by atoms with Crippen molar-refractivity contribution in [3.05, 3.63) is 108 Å². The predicted octanol–water partition coefficient (Wildman–Crippen LogP) is 5.32. The molecule has 1 amide bonds. The predicted molar refractivity (Wildman–Crippen MR) is 130 cm³/mol. The Bertz CT molecular complexity index is 1220. The van der Waals surface area contributed by atoms with E-state index in [9.17, 15) is 9.00 Å². The number of rotatable bonds is 9. The molecule has 6 heteroatoms. The van der Waals surface area contributed by atoms with E-state index in [-0.39, 0.29) is 5.91 Å². The Morgan fingerprint density at radius 2 is 1.61 bits per heavy atom. The van der Waals surface area contributed by atoms with Gasteiger partial charge in [-0.1, -0.05) is 48.5 Å². The van der Waals surface area contributed by atoms with Crippen molar-refractivity contribution < 1.29 is 13.4 Å². The molecular formula is C27H26N2O3S. The van der Waals surface area contributed by atoms with Crippen LogP contribution in [0.15, 0.2) is 94.2 Å². The van der Waals surface area contributed by atoms with Crippen LogP contribution in [-0.4, -0.2) is 21.6 Å². The first-order valence-corrected chi connectivity index (χ1v) is 12.2. The van der Waals surface area contributed by atoms with Gasteiger partial charge < -0.3 is 9.73 Å². The topological polar surface area (TPSA) is 72.2 Å². The number of carbonyl (C=O) groups is 1. The summed E-state index contributed by atoms with van der Waals surface area (Å²) in [6, 6.07) is 26.7. The van der Waals surface area contributed by atoms with Crippen molar-refractivity contribution in [2.45, 2.75) is 30.4 Å². The van der Waals surface area contributed by atoms with Crippen molar-refractivity contribution in [2.75, 3.05) is 6.54 Å². The van der Waals surface area contributed by atoms with Gasteiger partial charge in [-0.3, -0.25) is 9.00 Å². The van der Waals surface area contributed by atoms with Crippen LogP contribution in [0.1, 0.15) is 33.8 Å². The zero-order valence-electron chi connectivity index (χ0n) is 18.5. The Balaban J connectivity index is 1.33. The largest absolute Gasteiger partial charge is 0.441 e. The Kier molecular flexibility index (Phi) is 7.47. The summed E-state index contributed by atoms with van der Waals surface area (Å²) in [6.45, 7) is 2.45. The highest BCUT2D eigenvalue weighted by molar-refractivity contribution is 7.84. The van der Waals surface area contributed by atoms with Crippen LogP contribution in [0.25, 0.3) is 11.5 Å². The molecule has 0 spiro atoms. The molecule has 4 rings (SSSR count). The fraction of sp³-hybridized carbons (Fsp3) is 0.185. The monoisotopic (exact) mass is 458 g/mol. The Morgan fingerprint density at radius 1 is 0.939 bits per heavy atom. The Labute approximate surface area is 196 Å². The van der Waals surface area contributed by atoms with Crippen molar-refractivity contribution in [1.29, 1.82) is 0 Å². The molecule has 1 atom stereocenters. The summed E-state index contributed by atoms with van der Waals surface area (Å²) in [7, 11) is -1.19. The Morgan fingerprint density at radius 3 is 2.30 bits per heavy atom. The molecule has 0 bridgehead atoms. The van der Waals surface area contributed by atoms with E-state index in [0.717, 1.165) is 23.3 Å². The van der Waals surface area contributed by atoms with Crippen LogP contribution in [-0.2, 0) is 23.0 Å². The van der Waals surface area contributed by atoms with E-state index in [4.69, 9.17) is 4.42 Å². The fourth-order valence-electron chi connectivity index (χ4n) is 3.47. The van der Waals surface area contributed by atoms with E-state index in [0.29, 0.717) is 35.2 Å².